The number of anilines is 1. The van der Waals surface area contributed by atoms with Crippen LogP contribution in [0, 0.1) is 5.92 Å². The molecule has 0 aromatic carbocycles. The topological polar surface area (TPSA) is 101 Å². The van der Waals surface area contributed by atoms with Gasteiger partial charge in [-0.1, -0.05) is 6.92 Å². The lowest BCUT2D eigenvalue weighted by Crippen LogP contribution is -2.17. The van der Waals surface area contributed by atoms with Gasteiger partial charge in [-0.25, -0.2) is 0 Å². The molecule has 0 bridgehead atoms. The molecule has 0 spiro atoms. The molecular formula is C9H14N4O2. The molecule has 0 saturated heterocycles. The molecule has 1 rings (SSSR count). The SMILES string of the molecule is CC(CO)CNc1ccc(C(N)=O)nn1. The summed E-state index contributed by atoms with van der Waals surface area (Å²) in [5, 5.41) is 19.2. The Labute approximate surface area is 87.5 Å². The fourth-order valence-corrected chi connectivity index (χ4v) is 0.901. The quantitative estimate of drug-likeness (QED) is 0.614. The molecule has 1 atom stereocenters. The molecule has 6 heteroatoms. The number of hydrogen-bond acceptors (Lipinski definition) is 5. The summed E-state index contributed by atoms with van der Waals surface area (Å²) >= 11 is 0. The largest absolute Gasteiger partial charge is 0.396 e. The third-order valence-electron chi connectivity index (χ3n) is 1.86. The number of aliphatic hydroxyl groups excluding tert-OH is 1. The first kappa shape index (κ1) is 11.4. The van der Waals surface area contributed by atoms with Crippen LogP contribution in [-0.4, -0.2) is 34.4 Å². The van der Waals surface area contributed by atoms with Gasteiger partial charge in [-0.05, 0) is 18.1 Å². The van der Waals surface area contributed by atoms with Crippen molar-refractivity contribution in [2.75, 3.05) is 18.5 Å². The van der Waals surface area contributed by atoms with Gasteiger partial charge in [-0.2, -0.15) is 0 Å². The van der Waals surface area contributed by atoms with Gasteiger partial charge in [0.1, 0.15) is 5.82 Å². The summed E-state index contributed by atoms with van der Waals surface area (Å²) in [5.41, 5.74) is 5.15. The van der Waals surface area contributed by atoms with Crippen LogP contribution in [0.5, 0.6) is 0 Å². The Morgan fingerprint density at radius 3 is 2.80 bits per heavy atom. The molecule has 0 aliphatic heterocycles. The molecule has 0 radical (unpaired) electrons. The fraction of sp³-hybridized carbons (Fsp3) is 0.444. The molecule has 1 unspecified atom stereocenters. The number of nitrogens with zero attached hydrogens (tertiary/aromatic N) is 2. The number of aromatic nitrogens is 2. The number of amides is 1. The van der Waals surface area contributed by atoms with Crippen molar-refractivity contribution in [1.29, 1.82) is 0 Å². The number of primary amides is 1. The number of nitrogens with one attached hydrogen (secondary N) is 1. The number of carbonyl (C=O) groups is 1. The van der Waals surface area contributed by atoms with Crippen molar-refractivity contribution in [2.24, 2.45) is 11.7 Å². The number of nitrogens with two attached hydrogens (primary N) is 1. The van der Waals surface area contributed by atoms with Crippen LogP contribution in [0.15, 0.2) is 12.1 Å². The summed E-state index contributed by atoms with van der Waals surface area (Å²) in [7, 11) is 0. The van der Waals surface area contributed by atoms with Gasteiger partial charge in [-0.3, -0.25) is 4.79 Å². The highest BCUT2D eigenvalue weighted by molar-refractivity contribution is 5.90. The minimum absolute atomic E-state index is 0.111. The molecule has 1 aromatic heterocycles. The van der Waals surface area contributed by atoms with E-state index in [1.807, 2.05) is 6.92 Å². The molecule has 4 N–H and O–H groups in total. The van der Waals surface area contributed by atoms with E-state index >= 15 is 0 Å². The zero-order chi connectivity index (χ0) is 11.3. The predicted molar refractivity (Wildman–Crippen MR) is 55.3 cm³/mol. The van der Waals surface area contributed by atoms with E-state index in [4.69, 9.17) is 10.8 Å². The number of aliphatic hydroxyl groups is 1. The van der Waals surface area contributed by atoms with E-state index in [9.17, 15) is 4.79 Å². The standard InChI is InChI=1S/C9H14N4O2/c1-6(5-14)4-11-8-3-2-7(9(10)15)12-13-8/h2-3,6,14H,4-5H2,1H3,(H2,10,15)(H,11,13). The molecular weight excluding hydrogens is 196 g/mol. The minimum Gasteiger partial charge on any atom is -0.396 e. The van der Waals surface area contributed by atoms with E-state index in [2.05, 4.69) is 15.5 Å². The molecule has 1 heterocycles. The summed E-state index contributed by atoms with van der Waals surface area (Å²) < 4.78 is 0. The van der Waals surface area contributed by atoms with Crippen LogP contribution in [0.25, 0.3) is 0 Å². The highest BCUT2D eigenvalue weighted by atomic mass is 16.3. The highest BCUT2D eigenvalue weighted by Gasteiger charge is 2.04. The molecule has 0 aliphatic carbocycles. The Kier molecular flexibility index (Phi) is 3.99. The van der Waals surface area contributed by atoms with Crippen LogP contribution in [0.2, 0.25) is 0 Å². The van der Waals surface area contributed by atoms with Crippen molar-refractivity contribution >= 4 is 11.7 Å². The summed E-state index contributed by atoms with van der Waals surface area (Å²) in [6.45, 7) is 2.61. The first-order chi connectivity index (χ1) is 7.13. The first-order valence-electron chi connectivity index (χ1n) is 4.61. The van der Waals surface area contributed by atoms with Crippen molar-refractivity contribution in [3.8, 4) is 0 Å². The molecule has 1 aromatic rings. The lowest BCUT2D eigenvalue weighted by molar-refractivity contribution is 0.0994. The highest BCUT2D eigenvalue weighted by Crippen LogP contribution is 2.03. The van der Waals surface area contributed by atoms with Crippen molar-refractivity contribution in [3.05, 3.63) is 17.8 Å². The smallest absolute Gasteiger partial charge is 0.269 e. The van der Waals surface area contributed by atoms with E-state index in [1.54, 1.807) is 6.07 Å². The van der Waals surface area contributed by atoms with Crippen molar-refractivity contribution < 1.29 is 9.90 Å². The Balaban J connectivity index is 2.53. The van der Waals surface area contributed by atoms with Crippen molar-refractivity contribution in [2.45, 2.75) is 6.92 Å². The molecule has 0 fully saturated rings. The minimum atomic E-state index is -0.599. The van der Waals surface area contributed by atoms with E-state index in [0.717, 1.165) is 0 Å². The third kappa shape index (κ3) is 3.51. The first-order valence-corrected chi connectivity index (χ1v) is 4.61. The zero-order valence-corrected chi connectivity index (χ0v) is 8.47. The lowest BCUT2D eigenvalue weighted by Gasteiger charge is -2.09. The average Bonchev–Trinajstić information content (AvgIpc) is 2.26. The predicted octanol–water partition coefficient (Wildman–Crippen LogP) is -0.384. The summed E-state index contributed by atoms with van der Waals surface area (Å²) in [5.74, 6) is 0.0979. The van der Waals surface area contributed by atoms with Crippen LogP contribution in [0.3, 0.4) is 0 Å². The Bertz CT molecular complexity index is 325. The van der Waals surface area contributed by atoms with Crippen LogP contribution in [-0.2, 0) is 0 Å². The van der Waals surface area contributed by atoms with E-state index in [1.165, 1.54) is 6.07 Å². The van der Waals surface area contributed by atoms with Crippen LogP contribution in [0.1, 0.15) is 17.4 Å². The van der Waals surface area contributed by atoms with Gasteiger partial charge in [0.05, 0.1) is 0 Å². The summed E-state index contributed by atoms with van der Waals surface area (Å²) in [4.78, 5) is 10.7. The van der Waals surface area contributed by atoms with Crippen LogP contribution < -0.4 is 11.1 Å². The maximum absolute atomic E-state index is 10.7. The monoisotopic (exact) mass is 210 g/mol. The van der Waals surface area contributed by atoms with Gasteiger partial charge in [0.25, 0.3) is 5.91 Å². The second kappa shape index (κ2) is 5.26. The number of carbonyl (C=O) groups excluding carboxylic acids is 1. The third-order valence-corrected chi connectivity index (χ3v) is 1.86. The normalized spacial score (nSPS) is 12.1. The number of hydrogen-bond donors (Lipinski definition) is 3. The lowest BCUT2D eigenvalue weighted by atomic mass is 10.2. The molecule has 6 nitrogen and oxygen atoms in total. The summed E-state index contributed by atoms with van der Waals surface area (Å²) in [6, 6.07) is 3.12. The van der Waals surface area contributed by atoms with Gasteiger partial charge in [-0.15, -0.1) is 10.2 Å². The average molecular weight is 210 g/mol. The van der Waals surface area contributed by atoms with E-state index in [-0.39, 0.29) is 18.2 Å². The van der Waals surface area contributed by atoms with E-state index in [0.29, 0.717) is 12.4 Å². The van der Waals surface area contributed by atoms with Gasteiger partial charge in [0.2, 0.25) is 0 Å². The maximum atomic E-state index is 10.7. The summed E-state index contributed by atoms with van der Waals surface area (Å²) in [6.07, 6.45) is 0. The molecule has 1 amide bonds. The number of rotatable bonds is 5. The van der Waals surface area contributed by atoms with Crippen molar-refractivity contribution in [1.82, 2.24) is 10.2 Å². The molecule has 15 heavy (non-hydrogen) atoms. The Morgan fingerprint density at radius 2 is 2.33 bits per heavy atom. The van der Waals surface area contributed by atoms with Crippen LogP contribution in [0.4, 0.5) is 5.82 Å². The van der Waals surface area contributed by atoms with Gasteiger partial charge >= 0.3 is 0 Å². The molecule has 0 aliphatic rings. The van der Waals surface area contributed by atoms with Gasteiger partial charge in [0, 0.05) is 13.2 Å². The zero-order valence-electron chi connectivity index (χ0n) is 8.47. The fourth-order valence-electron chi connectivity index (χ4n) is 0.901. The molecule has 82 valence electrons. The second-order valence-electron chi connectivity index (χ2n) is 3.34. The Morgan fingerprint density at radius 1 is 1.60 bits per heavy atom. The van der Waals surface area contributed by atoms with Crippen LogP contribution >= 0.6 is 0 Å². The van der Waals surface area contributed by atoms with Crippen molar-refractivity contribution in [3.63, 3.8) is 0 Å². The second-order valence-corrected chi connectivity index (χ2v) is 3.34. The maximum Gasteiger partial charge on any atom is 0.269 e. The van der Waals surface area contributed by atoms with Gasteiger partial charge in [0.15, 0.2) is 5.69 Å². The van der Waals surface area contributed by atoms with E-state index < -0.39 is 5.91 Å². The van der Waals surface area contributed by atoms with Gasteiger partial charge < -0.3 is 16.2 Å². The Hall–Kier alpha value is -1.69. The molecule has 0 saturated carbocycles.